The van der Waals surface area contributed by atoms with Crippen molar-refractivity contribution in [3.05, 3.63) is 28.5 Å². The van der Waals surface area contributed by atoms with E-state index < -0.39 is 5.54 Å². The monoisotopic (exact) mass is 351 g/mol. The minimum Gasteiger partial charge on any atom is -0.491 e. The second-order valence-corrected chi connectivity index (χ2v) is 6.69. The first-order valence-electron chi connectivity index (χ1n) is 7.07. The van der Waals surface area contributed by atoms with Crippen molar-refractivity contribution in [1.82, 2.24) is 10.1 Å². The number of ether oxygens (including phenoxy) is 1. The lowest BCUT2D eigenvalue weighted by Gasteiger charge is -2.34. The number of hydrogen-bond acceptors (Lipinski definition) is 5. The predicted molar refractivity (Wildman–Crippen MR) is 82.9 cm³/mol. The normalized spacial score (nSPS) is 16.8. The first-order chi connectivity index (χ1) is 9.96. The molecule has 1 aliphatic carbocycles. The molecule has 0 saturated heterocycles. The van der Waals surface area contributed by atoms with E-state index in [9.17, 15) is 0 Å². The van der Waals surface area contributed by atoms with E-state index in [4.69, 9.17) is 15.0 Å². The second-order valence-electron chi connectivity index (χ2n) is 5.78. The molecule has 0 radical (unpaired) electrons. The summed E-state index contributed by atoms with van der Waals surface area (Å²) in [4.78, 5) is 4.46. The van der Waals surface area contributed by atoms with Gasteiger partial charge in [0.05, 0.1) is 11.6 Å². The second kappa shape index (κ2) is 5.42. The number of benzene rings is 1. The Hall–Kier alpha value is -1.40. The molecule has 0 amide bonds. The van der Waals surface area contributed by atoms with Gasteiger partial charge >= 0.3 is 0 Å². The molecule has 1 aromatic heterocycles. The van der Waals surface area contributed by atoms with Crippen LogP contribution in [-0.4, -0.2) is 16.2 Å². The molecule has 0 aliphatic heterocycles. The maximum atomic E-state index is 6.22. The largest absolute Gasteiger partial charge is 0.491 e. The van der Waals surface area contributed by atoms with Crippen molar-refractivity contribution < 1.29 is 9.26 Å². The topological polar surface area (TPSA) is 74.2 Å². The molecule has 1 heterocycles. The zero-order chi connectivity index (χ0) is 15.0. The number of hydrogen-bond donors (Lipinski definition) is 1. The van der Waals surface area contributed by atoms with E-state index in [1.165, 1.54) is 0 Å². The van der Waals surface area contributed by atoms with E-state index >= 15 is 0 Å². The van der Waals surface area contributed by atoms with Crippen LogP contribution in [-0.2, 0) is 5.54 Å². The number of nitrogens with zero attached hydrogens (tertiary/aromatic N) is 2. The van der Waals surface area contributed by atoms with Gasteiger partial charge in [0.2, 0.25) is 0 Å². The Morgan fingerprint density at radius 2 is 2.10 bits per heavy atom. The number of halogens is 1. The summed E-state index contributed by atoms with van der Waals surface area (Å²) in [5.41, 5.74) is 6.63. The molecule has 2 aromatic rings. The van der Waals surface area contributed by atoms with E-state index in [0.717, 1.165) is 35.0 Å². The molecule has 21 heavy (non-hydrogen) atoms. The van der Waals surface area contributed by atoms with Crippen LogP contribution in [0, 0.1) is 0 Å². The van der Waals surface area contributed by atoms with Crippen LogP contribution in [0.4, 0.5) is 0 Å². The number of nitrogens with two attached hydrogens (primary N) is 1. The number of aromatic nitrogens is 2. The minimum absolute atomic E-state index is 0.104. The molecule has 112 valence electrons. The Bertz CT molecular complexity index is 650. The van der Waals surface area contributed by atoms with Crippen molar-refractivity contribution in [1.29, 1.82) is 0 Å². The highest BCUT2D eigenvalue weighted by Crippen LogP contribution is 2.38. The molecular weight excluding hydrogens is 334 g/mol. The minimum atomic E-state index is -0.412. The van der Waals surface area contributed by atoms with E-state index in [0.29, 0.717) is 11.7 Å². The van der Waals surface area contributed by atoms with E-state index in [2.05, 4.69) is 26.1 Å². The summed E-state index contributed by atoms with van der Waals surface area (Å²) < 4.78 is 12.0. The Morgan fingerprint density at radius 3 is 2.71 bits per heavy atom. The van der Waals surface area contributed by atoms with Crippen LogP contribution in [0.2, 0.25) is 0 Å². The fraction of sp³-hybridized carbons (Fsp3) is 0.467. The maximum Gasteiger partial charge on any atom is 0.258 e. The third kappa shape index (κ3) is 2.96. The van der Waals surface area contributed by atoms with Crippen molar-refractivity contribution in [2.45, 2.75) is 44.8 Å². The Balaban J connectivity index is 1.91. The van der Waals surface area contributed by atoms with Gasteiger partial charge in [-0.3, -0.25) is 0 Å². The average Bonchev–Trinajstić information content (AvgIpc) is 2.84. The fourth-order valence-electron chi connectivity index (χ4n) is 2.35. The lowest BCUT2D eigenvalue weighted by molar-refractivity contribution is 0.229. The van der Waals surface area contributed by atoms with E-state index in [1.807, 2.05) is 32.0 Å². The highest BCUT2D eigenvalue weighted by atomic mass is 79.9. The summed E-state index contributed by atoms with van der Waals surface area (Å²) in [6, 6.07) is 5.73. The smallest absolute Gasteiger partial charge is 0.258 e. The summed E-state index contributed by atoms with van der Waals surface area (Å²) in [6.07, 6.45) is 3.04. The maximum absolute atomic E-state index is 6.22. The molecule has 1 aliphatic rings. The Labute approximate surface area is 132 Å². The lowest BCUT2D eigenvalue weighted by atomic mass is 9.77. The SMILES string of the molecule is CC(C)Oc1cc(Br)cc(-c2nc(C3(N)CCC3)no2)c1. The first-order valence-corrected chi connectivity index (χ1v) is 7.86. The summed E-state index contributed by atoms with van der Waals surface area (Å²) in [6.45, 7) is 3.97. The van der Waals surface area contributed by atoms with Crippen LogP contribution in [0.25, 0.3) is 11.5 Å². The molecule has 3 rings (SSSR count). The highest BCUT2D eigenvalue weighted by Gasteiger charge is 2.39. The number of rotatable bonds is 4. The van der Waals surface area contributed by atoms with Crippen molar-refractivity contribution in [3.63, 3.8) is 0 Å². The molecule has 1 saturated carbocycles. The van der Waals surface area contributed by atoms with Gasteiger partial charge in [-0.1, -0.05) is 21.1 Å². The van der Waals surface area contributed by atoms with Crippen LogP contribution in [0.5, 0.6) is 5.75 Å². The zero-order valence-corrected chi connectivity index (χ0v) is 13.7. The molecule has 0 spiro atoms. The molecule has 6 heteroatoms. The van der Waals surface area contributed by atoms with Gasteiger partial charge in [0, 0.05) is 10.0 Å². The standard InChI is InChI=1S/C15H18BrN3O2/c1-9(2)20-12-7-10(6-11(16)8-12)13-18-14(19-21-13)15(17)4-3-5-15/h6-9H,3-5,17H2,1-2H3. The quantitative estimate of drug-likeness (QED) is 0.910. The third-order valence-electron chi connectivity index (χ3n) is 3.61. The van der Waals surface area contributed by atoms with E-state index in [1.54, 1.807) is 0 Å². The van der Waals surface area contributed by atoms with Crippen molar-refractivity contribution in [2.24, 2.45) is 5.73 Å². The van der Waals surface area contributed by atoms with Gasteiger partial charge in [0.15, 0.2) is 5.82 Å². The molecule has 1 aromatic carbocycles. The van der Waals surface area contributed by atoms with Crippen LogP contribution in [0.3, 0.4) is 0 Å². The fourth-order valence-corrected chi connectivity index (χ4v) is 2.82. The lowest BCUT2D eigenvalue weighted by Crippen LogP contribution is -2.44. The molecule has 0 atom stereocenters. The van der Waals surface area contributed by atoms with Gasteiger partial charge in [-0.05, 0) is 51.3 Å². The molecule has 5 nitrogen and oxygen atoms in total. The third-order valence-corrected chi connectivity index (χ3v) is 4.07. The molecular formula is C15H18BrN3O2. The van der Waals surface area contributed by atoms with Gasteiger partial charge in [0.25, 0.3) is 5.89 Å². The van der Waals surface area contributed by atoms with Gasteiger partial charge in [-0.25, -0.2) is 0 Å². The Kier molecular flexibility index (Phi) is 3.75. The van der Waals surface area contributed by atoms with Crippen LogP contribution < -0.4 is 10.5 Å². The average molecular weight is 352 g/mol. The molecule has 0 bridgehead atoms. The van der Waals surface area contributed by atoms with Crippen molar-refractivity contribution in [3.8, 4) is 17.2 Å². The van der Waals surface area contributed by atoms with Gasteiger partial charge in [-0.2, -0.15) is 4.98 Å². The zero-order valence-electron chi connectivity index (χ0n) is 12.1. The predicted octanol–water partition coefficient (Wildman–Crippen LogP) is 3.62. The van der Waals surface area contributed by atoms with Crippen LogP contribution >= 0.6 is 15.9 Å². The molecule has 0 unspecified atom stereocenters. The van der Waals surface area contributed by atoms with Crippen molar-refractivity contribution >= 4 is 15.9 Å². The van der Waals surface area contributed by atoms with Gasteiger partial charge in [0.1, 0.15) is 5.75 Å². The van der Waals surface area contributed by atoms with Crippen LogP contribution in [0.15, 0.2) is 27.2 Å². The molecule has 1 fully saturated rings. The molecule has 2 N–H and O–H groups in total. The van der Waals surface area contributed by atoms with E-state index in [-0.39, 0.29) is 6.10 Å². The summed E-state index contributed by atoms with van der Waals surface area (Å²) in [7, 11) is 0. The first kappa shape index (κ1) is 14.5. The summed E-state index contributed by atoms with van der Waals surface area (Å²) in [5.74, 6) is 1.83. The summed E-state index contributed by atoms with van der Waals surface area (Å²) in [5, 5.41) is 4.04. The van der Waals surface area contributed by atoms with Gasteiger partial charge in [-0.15, -0.1) is 0 Å². The van der Waals surface area contributed by atoms with Crippen LogP contribution in [0.1, 0.15) is 38.9 Å². The van der Waals surface area contributed by atoms with Gasteiger partial charge < -0.3 is 15.0 Å². The Morgan fingerprint density at radius 1 is 1.33 bits per heavy atom. The van der Waals surface area contributed by atoms with Crippen molar-refractivity contribution in [2.75, 3.05) is 0 Å². The summed E-state index contributed by atoms with van der Waals surface area (Å²) >= 11 is 3.48. The highest BCUT2D eigenvalue weighted by molar-refractivity contribution is 9.10.